The van der Waals surface area contributed by atoms with Crippen LogP contribution in [-0.2, 0) is 24.0 Å². The highest BCUT2D eigenvalue weighted by atomic mass is 16.2. The topological polar surface area (TPSA) is 146 Å². The van der Waals surface area contributed by atoms with Gasteiger partial charge in [-0.05, 0) is 26.7 Å². The molecule has 0 bridgehead atoms. The molecule has 0 saturated carbocycles. The van der Waals surface area contributed by atoms with Crippen molar-refractivity contribution in [3.05, 3.63) is 0 Å². The number of carbonyl (C=O) groups excluding carboxylic acids is 5. The predicted molar refractivity (Wildman–Crippen MR) is 123 cm³/mol. The number of nitrogens with one attached hydrogen (secondary N) is 5. The van der Waals surface area contributed by atoms with Crippen molar-refractivity contribution < 1.29 is 24.0 Å². The van der Waals surface area contributed by atoms with E-state index in [2.05, 4.69) is 33.5 Å². The molecule has 0 aromatic carbocycles. The summed E-state index contributed by atoms with van der Waals surface area (Å²) in [6.07, 6.45) is 7.26. The van der Waals surface area contributed by atoms with Crippen LogP contribution in [0.25, 0.3) is 0 Å². The highest BCUT2D eigenvalue weighted by Crippen LogP contribution is 1.98. The van der Waals surface area contributed by atoms with E-state index in [1.165, 1.54) is 6.92 Å². The Kier molecular flexibility index (Phi) is 16.5. The van der Waals surface area contributed by atoms with E-state index in [4.69, 9.17) is 0 Å². The number of hydrogen-bond acceptors (Lipinski definition) is 5. The van der Waals surface area contributed by atoms with E-state index in [0.717, 1.165) is 44.9 Å². The van der Waals surface area contributed by atoms with Gasteiger partial charge in [0.1, 0.15) is 12.1 Å². The van der Waals surface area contributed by atoms with Crippen LogP contribution in [0.2, 0.25) is 0 Å². The third kappa shape index (κ3) is 15.2. The van der Waals surface area contributed by atoms with Crippen molar-refractivity contribution in [1.82, 2.24) is 26.6 Å². The van der Waals surface area contributed by atoms with Crippen molar-refractivity contribution in [2.75, 3.05) is 19.6 Å². The minimum absolute atomic E-state index is 0.207. The molecule has 0 aromatic heterocycles. The molecule has 184 valence electrons. The Hall–Kier alpha value is -2.65. The van der Waals surface area contributed by atoms with Crippen LogP contribution in [0, 0.1) is 0 Å². The number of amides is 5. The summed E-state index contributed by atoms with van der Waals surface area (Å²) in [5.41, 5.74) is 0. The summed E-state index contributed by atoms with van der Waals surface area (Å²) in [4.78, 5) is 59.5. The Morgan fingerprint density at radius 3 is 1.66 bits per heavy atom. The summed E-state index contributed by atoms with van der Waals surface area (Å²) in [6, 6.07) is -1.60. The standard InChI is InChI=1S/C22H41N5O5/c1-5-7-9-11-13-23-21(31)16(3)26-20(30)15-25-22(32)17(4)27-19(29)14-24-18(28)12-10-8-6-2/h16-17H,5-15H2,1-4H3,(H,23,31)(H,24,28)(H,25,32)(H,26,30)(H,27,29)/t16-,17-/m0/s1. The summed E-state index contributed by atoms with van der Waals surface area (Å²) < 4.78 is 0. The maximum Gasteiger partial charge on any atom is 0.242 e. The third-order valence-electron chi connectivity index (χ3n) is 4.75. The van der Waals surface area contributed by atoms with E-state index in [1.54, 1.807) is 6.92 Å². The number of hydrogen-bond donors (Lipinski definition) is 5. The first-order chi connectivity index (χ1) is 15.2. The first-order valence-electron chi connectivity index (χ1n) is 11.6. The smallest absolute Gasteiger partial charge is 0.242 e. The molecule has 10 nitrogen and oxygen atoms in total. The molecule has 32 heavy (non-hydrogen) atoms. The second-order valence-corrected chi connectivity index (χ2v) is 7.88. The lowest BCUT2D eigenvalue weighted by molar-refractivity contribution is -0.131. The van der Waals surface area contributed by atoms with Crippen LogP contribution < -0.4 is 26.6 Å². The van der Waals surface area contributed by atoms with Crippen LogP contribution in [-0.4, -0.2) is 61.3 Å². The van der Waals surface area contributed by atoms with Gasteiger partial charge in [-0.2, -0.15) is 0 Å². The molecule has 5 N–H and O–H groups in total. The molecular formula is C22H41N5O5. The highest BCUT2D eigenvalue weighted by molar-refractivity contribution is 5.93. The van der Waals surface area contributed by atoms with Gasteiger partial charge < -0.3 is 26.6 Å². The monoisotopic (exact) mass is 455 g/mol. The Labute approximate surface area is 191 Å². The number of carbonyl (C=O) groups is 5. The van der Waals surface area contributed by atoms with Crippen molar-refractivity contribution in [3.8, 4) is 0 Å². The Bertz CT molecular complexity index is 612. The number of unbranched alkanes of at least 4 members (excludes halogenated alkanes) is 5. The molecule has 0 unspecified atom stereocenters. The molecular weight excluding hydrogens is 414 g/mol. The molecule has 5 amide bonds. The van der Waals surface area contributed by atoms with E-state index in [0.29, 0.717) is 13.0 Å². The van der Waals surface area contributed by atoms with Gasteiger partial charge >= 0.3 is 0 Å². The molecule has 0 aliphatic heterocycles. The summed E-state index contributed by atoms with van der Waals surface area (Å²) >= 11 is 0. The summed E-state index contributed by atoms with van der Waals surface area (Å²) in [7, 11) is 0. The molecule has 0 radical (unpaired) electrons. The van der Waals surface area contributed by atoms with Gasteiger partial charge in [-0.1, -0.05) is 46.0 Å². The van der Waals surface area contributed by atoms with Crippen LogP contribution in [0.5, 0.6) is 0 Å². The molecule has 0 aliphatic carbocycles. The fourth-order valence-electron chi connectivity index (χ4n) is 2.76. The van der Waals surface area contributed by atoms with Gasteiger partial charge in [0.25, 0.3) is 0 Å². The van der Waals surface area contributed by atoms with Crippen LogP contribution in [0.4, 0.5) is 0 Å². The zero-order valence-electron chi connectivity index (χ0n) is 20.0. The normalized spacial score (nSPS) is 12.2. The second-order valence-electron chi connectivity index (χ2n) is 7.88. The maximum atomic E-state index is 12.1. The second kappa shape index (κ2) is 18.0. The van der Waals surface area contributed by atoms with Crippen LogP contribution in [0.3, 0.4) is 0 Å². The van der Waals surface area contributed by atoms with Gasteiger partial charge in [0.2, 0.25) is 29.5 Å². The van der Waals surface area contributed by atoms with E-state index in [-0.39, 0.29) is 24.9 Å². The Balaban J connectivity index is 4.08. The summed E-state index contributed by atoms with van der Waals surface area (Å²) in [5, 5.41) is 12.7. The fourth-order valence-corrected chi connectivity index (χ4v) is 2.76. The summed E-state index contributed by atoms with van der Waals surface area (Å²) in [5.74, 6) is -2.04. The van der Waals surface area contributed by atoms with E-state index >= 15 is 0 Å². The molecule has 0 spiro atoms. The SMILES string of the molecule is CCCCCCNC(=O)[C@H](C)NC(=O)CNC(=O)[C@H](C)NC(=O)CNC(=O)CCCCC. The van der Waals surface area contributed by atoms with Gasteiger partial charge in [-0.25, -0.2) is 0 Å². The molecule has 2 atom stereocenters. The fraction of sp³-hybridized carbons (Fsp3) is 0.773. The minimum Gasteiger partial charge on any atom is -0.354 e. The zero-order chi connectivity index (χ0) is 24.4. The largest absolute Gasteiger partial charge is 0.354 e. The quantitative estimate of drug-likeness (QED) is 0.203. The van der Waals surface area contributed by atoms with E-state index in [9.17, 15) is 24.0 Å². The summed E-state index contributed by atoms with van der Waals surface area (Å²) in [6.45, 7) is 7.22. The van der Waals surface area contributed by atoms with Crippen LogP contribution >= 0.6 is 0 Å². The first-order valence-corrected chi connectivity index (χ1v) is 11.6. The lowest BCUT2D eigenvalue weighted by Crippen LogP contribution is -2.51. The maximum absolute atomic E-state index is 12.1. The van der Waals surface area contributed by atoms with Crippen molar-refractivity contribution in [1.29, 1.82) is 0 Å². The molecule has 0 rings (SSSR count). The molecule has 0 fully saturated rings. The average molecular weight is 456 g/mol. The Morgan fingerprint density at radius 1 is 0.594 bits per heavy atom. The van der Waals surface area contributed by atoms with Crippen molar-refractivity contribution in [3.63, 3.8) is 0 Å². The predicted octanol–water partition coefficient (Wildman–Crippen LogP) is 0.505. The molecule has 0 saturated heterocycles. The minimum atomic E-state index is -0.879. The first kappa shape index (κ1) is 29.4. The Morgan fingerprint density at radius 2 is 1.09 bits per heavy atom. The number of rotatable bonds is 17. The average Bonchev–Trinajstić information content (AvgIpc) is 2.75. The lowest BCUT2D eigenvalue weighted by atomic mass is 10.2. The van der Waals surface area contributed by atoms with Gasteiger partial charge in [-0.15, -0.1) is 0 Å². The van der Waals surface area contributed by atoms with Crippen LogP contribution in [0.15, 0.2) is 0 Å². The molecule has 10 heteroatoms. The van der Waals surface area contributed by atoms with Crippen LogP contribution in [0.1, 0.15) is 79.1 Å². The molecule has 0 aromatic rings. The van der Waals surface area contributed by atoms with E-state index < -0.39 is 29.8 Å². The van der Waals surface area contributed by atoms with Gasteiger partial charge in [0.05, 0.1) is 13.1 Å². The van der Waals surface area contributed by atoms with Crippen molar-refractivity contribution in [2.24, 2.45) is 0 Å². The molecule has 0 heterocycles. The van der Waals surface area contributed by atoms with Gasteiger partial charge in [-0.3, -0.25) is 24.0 Å². The molecule has 0 aliphatic rings. The zero-order valence-corrected chi connectivity index (χ0v) is 20.0. The van der Waals surface area contributed by atoms with Crippen molar-refractivity contribution in [2.45, 2.75) is 91.1 Å². The highest BCUT2D eigenvalue weighted by Gasteiger charge is 2.19. The third-order valence-corrected chi connectivity index (χ3v) is 4.75. The van der Waals surface area contributed by atoms with Gasteiger partial charge in [0.15, 0.2) is 0 Å². The lowest BCUT2D eigenvalue weighted by Gasteiger charge is -2.16. The van der Waals surface area contributed by atoms with E-state index in [1.807, 2.05) is 6.92 Å². The van der Waals surface area contributed by atoms with Gasteiger partial charge in [0, 0.05) is 13.0 Å². The van der Waals surface area contributed by atoms with Crippen molar-refractivity contribution >= 4 is 29.5 Å².